The molecule has 112 valence electrons. The summed E-state index contributed by atoms with van der Waals surface area (Å²) in [5, 5.41) is 6.49. The van der Waals surface area contributed by atoms with Crippen LogP contribution in [0.3, 0.4) is 0 Å². The molecule has 1 amide bonds. The van der Waals surface area contributed by atoms with Gasteiger partial charge >= 0.3 is 0 Å². The molecule has 1 heterocycles. The number of carbonyl (C=O) groups excluding carboxylic acids is 2. The molecule has 0 radical (unpaired) electrons. The fraction of sp³-hybridized carbons (Fsp3) is 0.571. The Bertz CT molecular complexity index is 509. The van der Waals surface area contributed by atoms with E-state index < -0.39 is 0 Å². The molecule has 6 heteroatoms. The Hall–Kier alpha value is -1.56. The topological polar surface area (TPSA) is 84.2 Å². The Labute approximate surface area is 123 Å². The molecule has 0 spiro atoms. The van der Waals surface area contributed by atoms with Crippen molar-refractivity contribution in [3.8, 4) is 0 Å². The van der Waals surface area contributed by atoms with Crippen LogP contribution in [0.1, 0.15) is 54.1 Å². The van der Waals surface area contributed by atoms with E-state index in [9.17, 15) is 9.59 Å². The number of hydrogen-bond acceptors (Lipinski definition) is 5. The third-order valence-corrected chi connectivity index (χ3v) is 4.29. The second-order valence-corrected chi connectivity index (χ2v) is 6.12. The lowest BCUT2D eigenvalue weighted by atomic mass is 10.1. The van der Waals surface area contributed by atoms with Gasteiger partial charge in [-0.25, -0.2) is 0 Å². The number of hydrogen-bond donors (Lipinski definition) is 3. The molecule has 1 aromatic heterocycles. The quantitative estimate of drug-likeness (QED) is 0.705. The van der Waals surface area contributed by atoms with Gasteiger partial charge in [-0.2, -0.15) is 0 Å². The van der Waals surface area contributed by atoms with Gasteiger partial charge in [0, 0.05) is 19.0 Å². The number of Topliss-reactive ketones (excluding diaryl/α,β-unsaturated/α-hetero) is 1. The molecule has 0 bridgehead atoms. The number of nitrogens with one attached hydrogen (secondary N) is 2. The maximum atomic E-state index is 12.2. The van der Waals surface area contributed by atoms with Crippen LogP contribution in [0, 0.1) is 5.92 Å². The number of anilines is 2. The van der Waals surface area contributed by atoms with Gasteiger partial charge in [0.25, 0.3) is 5.91 Å². The predicted octanol–water partition coefficient (Wildman–Crippen LogP) is 2.74. The summed E-state index contributed by atoms with van der Waals surface area (Å²) in [5.41, 5.74) is 6.68. The summed E-state index contributed by atoms with van der Waals surface area (Å²) in [6, 6.07) is 0.207. The first-order chi connectivity index (χ1) is 9.33. The molecule has 1 atom stereocenters. The standard InChI is InChI=1S/C14H23N3O2S/c1-6-8(4)17-14-9(13(19)16-5)10(15)12(20-14)11(18)7(2)3/h7-8,17H,6,15H2,1-5H3,(H,16,19). The zero-order chi connectivity index (χ0) is 15.4. The highest BCUT2D eigenvalue weighted by Gasteiger charge is 2.26. The van der Waals surface area contributed by atoms with Crippen LogP contribution in [-0.4, -0.2) is 24.8 Å². The third kappa shape index (κ3) is 3.30. The monoisotopic (exact) mass is 297 g/mol. The van der Waals surface area contributed by atoms with Crippen molar-refractivity contribution >= 4 is 33.7 Å². The summed E-state index contributed by atoms with van der Waals surface area (Å²) in [7, 11) is 1.55. The molecule has 0 aromatic carbocycles. The lowest BCUT2D eigenvalue weighted by Crippen LogP contribution is -2.22. The number of amides is 1. The highest BCUT2D eigenvalue weighted by Crippen LogP contribution is 2.37. The fourth-order valence-corrected chi connectivity index (χ4v) is 2.98. The summed E-state index contributed by atoms with van der Waals surface area (Å²) in [6.07, 6.45) is 0.915. The van der Waals surface area contributed by atoms with Crippen molar-refractivity contribution < 1.29 is 9.59 Å². The molecular weight excluding hydrogens is 274 g/mol. The van der Waals surface area contributed by atoms with Crippen molar-refractivity contribution in [1.82, 2.24) is 5.32 Å². The second-order valence-electron chi connectivity index (χ2n) is 5.10. The van der Waals surface area contributed by atoms with Gasteiger partial charge in [0.15, 0.2) is 5.78 Å². The van der Waals surface area contributed by atoms with Gasteiger partial charge in [-0.15, -0.1) is 11.3 Å². The van der Waals surface area contributed by atoms with Crippen molar-refractivity contribution in [2.75, 3.05) is 18.1 Å². The first-order valence-corrected chi connectivity index (χ1v) is 7.60. The maximum absolute atomic E-state index is 12.2. The summed E-state index contributed by atoms with van der Waals surface area (Å²) < 4.78 is 0. The van der Waals surface area contributed by atoms with Gasteiger partial charge in [0.2, 0.25) is 0 Å². The van der Waals surface area contributed by atoms with E-state index in [0.29, 0.717) is 15.4 Å². The Morgan fingerprint density at radius 1 is 1.30 bits per heavy atom. The van der Waals surface area contributed by atoms with Gasteiger partial charge in [-0.3, -0.25) is 9.59 Å². The normalized spacial score (nSPS) is 12.3. The van der Waals surface area contributed by atoms with E-state index >= 15 is 0 Å². The Morgan fingerprint density at radius 3 is 2.35 bits per heavy atom. The van der Waals surface area contributed by atoms with Crippen molar-refractivity contribution in [2.24, 2.45) is 5.92 Å². The first kappa shape index (κ1) is 16.5. The number of thiophene rings is 1. The SMILES string of the molecule is CCC(C)Nc1sc(C(=O)C(C)C)c(N)c1C(=O)NC. The zero-order valence-electron chi connectivity index (χ0n) is 12.7. The largest absolute Gasteiger partial charge is 0.397 e. The van der Waals surface area contributed by atoms with E-state index in [0.717, 1.165) is 6.42 Å². The van der Waals surface area contributed by atoms with E-state index in [2.05, 4.69) is 10.6 Å². The summed E-state index contributed by atoms with van der Waals surface area (Å²) >= 11 is 1.26. The molecule has 1 aromatic rings. The zero-order valence-corrected chi connectivity index (χ0v) is 13.5. The van der Waals surface area contributed by atoms with Crippen LogP contribution in [-0.2, 0) is 0 Å². The van der Waals surface area contributed by atoms with Crippen molar-refractivity contribution in [2.45, 2.75) is 40.2 Å². The van der Waals surface area contributed by atoms with E-state index in [1.165, 1.54) is 11.3 Å². The molecule has 0 saturated heterocycles. The van der Waals surface area contributed by atoms with Crippen molar-refractivity contribution in [3.63, 3.8) is 0 Å². The molecule has 0 aliphatic carbocycles. The van der Waals surface area contributed by atoms with Crippen LogP contribution in [0.15, 0.2) is 0 Å². The Morgan fingerprint density at radius 2 is 1.90 bits per heavy atom. The highest BCUT2D eigenvalue weighted by molar-refractivity contribution is 7.19. The third-order valence-electron chi connectivity index (χ3n) is 3.14. The van der Waals surface area contributed by atoms with Gasteiger partial charge < -0.3 is 16.4 Å². The van der Waals surface area contributed by atoms with Gasteiger partial charge in [0.1, 0.15) is 5.00 Å². The minimum absolute atomic E-state index is 0.0325. The number of carbonyl (C=O) groups is 2. The molecule has 0 aliphatic heterocycles. The van der Waals surface area contributed by atoms with Crippen molar-refractivity contribution in [3.05, 3.63) is 10.4 Å². The van der Waals surface area contributed by atoms with Crippen molar-refractivity contribution in [1.29, 1.82) is 0 Å². The lowest BCUT2D eigenvalue weighted by Gasteiger charge is -2.12. The van der Waals surface area contributed by atoms with Crippen LogP contribution in [0.4, 0.5) is 10.7 Å². The second kappa shape index (κ2) is 6.74. The Kier molecular flexibility index (Phi) is 5.56. The van der Waals surface area contributed by atoms with Crippen LogP contribution in [0.25, 0.3) is 0 Å². The molecular formula is C14H23N3O2S. The van der Waals surface area contributed by atoms with E-state index in [1.54, 1.807) is 7.05 Å². The van der Waals surface area contributed by atoms with Crippen LogP contribution in [0.2, 0.25) is 0 Å². The van der Waals surface area contributed by atoms with E-state index in [-0.39, 0.29) is 29.3 Å². The number of ketones is 1. The number of nitrogen functional groups attached to an aromatic ring is 1. The maximum Gasteiger partial charge on any atom is 0.256 e. The number of nitrogens with two attached hydrogens (primary N) is 1. The average Bonchev–Trinajstić information content (AvgIpc) is 2.73. The minimum Gasteiger partial charge on any atom is -0.397 e. The lowest BCUT2D eigenvalue weighted by molar-refractivity contribution is 0.0944. The molecule has 0 aliphatic rings. The Balaban J connectivity index is 3.31. The smallest absolute Gasteiger partial charge is 0.256 e. The minimum atomic E-state index is -0.271. The molecule has 4 N–H and O–H groups in total. The van der Waals surface area contributed by atoms with E-state index in [4.69, 9.17) is 5.73 Å². The first-order valence-electron chi connectivity index (χ1n) is 6.78. The summed E-state index contributed by atoms with van der Waals surface area (Å²) in [4.78, 5) is 24.6. The molecule has 1 rings (SSSR count). The van der Waals surface area contributed by atoms with Gasteiger partial charge in [-0.05, 0) is 13.3 Å². The summed E-state index contributed by atoms with van der Waals surface area (Å²) in [6.45, 7) is 7.72. The fourth-order valence-electron chi connectivity index (χ4n) is 1.67. The molecule has 0 saturated carbocycles. The van der Waals surface area contributed by atoms with Crippen LogP contribution in [0.5, 0.6) is 0 Å². The van der Waals surface area contributed by atoms with Crippen LogP contribution < -0.4 is 16.4 Å². The molecule has 20 heavy (non-hydrogen) atoms. The molecule has 1 unspecified atom stereocenters. The molecule has 5 nitrogen and oxygen atoms in total. The number of rotatable bonds is 6. The highest BCUT2D eigenvalue weighted by atomic mass is 32.1. The predicted molar refractivity (Wildman–Crippen MR) is 84.7 cm³/mol. The van der Waals surface area contributed by atoms with Gasteiger partial charge in [-0.1, -0.05) is 20.8 Å². The van der Waals surface area contributed by atoms with E-state index in [1.807, 2.05) is 27.7 Å². The van der Waals surface area contributed by atoms with Gasteiger partial charge in [0.05, 0.1) is 16.1 Å². The summed E-state index contributed by atoms with van der Waals surface area (Å²) in [5.74, 6) is -0.452. The van der Waals surface area contributed by atoms with Crippen LogP contribution >= 0.6 is 11.3 Å². The average molecular weight is 297 g/mol. The molecule has 0 fully saturated rings.